The molecule has 128 valence electrons. The van der Waals surface area contributed by atoms with E-state index < -0.39 is 11.0 Å². The van der Waals surface area contributed by atoms with E-state index in [-0.39, 0.29) is 24.1 Å². The lowest BCUT2D eigenvalue weighted by molar-refractivity contribution is -0.402. The summed E-state index contributed by atoms with van der Waals surface area (Å²) in [6.07, 6.45) is 4.08. The van der Waals surface area contributed by atoms with Crippen LogP contribution in [0.2, 0.25) is 0 Å². The molecule has 23 heavy (non-hydrogen) atoms. The molecule has 1 aromatic heterocycles. The number of carbonyl (C=O) groups excluding carboxylic acids is 1. The molecule has 1 aliphatic heterocycles. The average molecular weight is 346 g/mol. The first-order valence-electron chi connectivity index (χ1n) is 7.15. The van der Waals surface area contributed by atoms with Crippen LogP contribution in [0.15, 0.2) is 21.7 Å². The average Bonchev–Trinajstić information content (AvgIpc) is 2.98. The first-order valence-corrected chi connectivity index (χ1v) is 7.15. The maximum absolute atomic E-state index is 10.8. The molecule has 1 aromatic rings. The first kappa shape index (κ1) is 18.9. The largest absolute Gasteiger partial charge is 0.433 e. The number of amides is 2. The highest BCUT2D eigenvalue weighted by Crippen LogP contribution is 2.18. The fourth-order valence-electron chi connectivity index (χ4n) is 2.38. The lowest BCUT2D eigenvalue weighted by Crippen LogP contribution is -2.32. The summed E-state index contributed by atoms with van der Waals surface area (Å²) in [6.45, 7) is 2.79. The zero-order valence-corrected chi connectivity index (χ0v) is 13.4. The number of urea groups is 1. The van der Waals surface area contributed by atoms with Gasteiger partial charge in [-0.1, -0.05) is 6.42 Å². The van der Waals surface area contributed by atoms with Gasteiger partial charge in [0.15, 0.2) is 5.76 Å². The lowest BCUT2D eigenvalue weighted by Gasteiger charge is -2.26. The van der Waals surface area contributed by atoms with Gasteiger partial charge in [0, 0.05) is 13.0 Å². The van der Waals surface area contributed by atoms with Crippen LogP contribution in [0.1, 0.15) is 31.4 Å². The molecule has 2 heterocycles. The Kier molecular flexibility index (Phi) is 7.49. The van der Waals surface area contributed by atoms with Gasteiger partial charge in [0.25, 0.3) is 0 Å². The van der Waals surface area contributed by atoms with Gasteiger partial charge in [-0.2, -0.15) is 5.10 Å². The number of hydrogen-bond acceptors (Lipinski definition) is 6. The summed E-state index contributed by atoms with van der Waals surface area (Å²) in [6, 6.07) is 1.93. The summed E-state index contributed by atoms with van der Waals surface area (Å²) in [7, 11) is 0. The summed E-state index contributed by atoms with van der Waals surface area (Å²) in [5.41, 5.74) is 7.58. The molecule has 0 unspecified atom stereocenters. The summed E-state index contributed by atoms with van der Waals surface area (Å²) in [5, 5.41) is 14.6. The van der Waals surface area contributed by atoms with Crippen LogP contribution >= 0.6 is 12.4 Å². The summed E-state index contributed by atoms with van der Waals surface area (Å²) >= 11 is 0. The molecule has 0 saturated carbocycles. The summed E-state index contributed by atoms with van der Waals surface area (Å²) < 4.78 is 5.14. The van der Waals surface area contributed by atoms with Crippen molar-refractivity contribution in [3.63, 3.8) is 0 Å². The second kappa shape index (κ2) is 9.11. The molecule has 0 bridgehead atoms. The molecule has 0 spiro atoms. The maximum atomic E-state index is 10.8. The van der Waals surface area contributed by atoms with Crippen molar-refractivity contribution in [3.05, 3.63) is 28.0 Å². The molecule has 2 rings (SSSR count). The number of nitro groups is 1. The van der Waals surface area contributed by atoms with Crippen LogP contribution in [0.3, 0.4) is 0 Å². The third-order valence-corrected chi connectivity index (χ3v) is 3.47. The normalized spacial score (nSPS) is 15.7. The Hall–Kier alpha value is -2.13. The standard InChI is InChI=1S/C13H19N5O4.ClH/c14-13(19)16-15-10(6-9-17-7-2-1-3-8-17)11-4-5-12(22-11)18(20)21;/h4-5H,1-3,6-9H2,(H3,14,16,19);1H/b15-10+;. The van der Waals surface area contributed by atoms with Gasteiger partial charge in [-0.15, -0.1) is 12.4 Å². The predicted octanol–water partition coefficient (Wildman–Crippen LogP) is 1.86. The third-order valence-electron chi connectivity index (χ3n) is 3.47. The fraction of sp³-hybridized carbons (Fsp3) is 0.538. The Morgan fingerprint density at radius 1 is 1.39 bits per heavy atom. The number of furan rings is 1. The van der Waals surface area contributed by atoms with Crippen LogP contribution in [0.25, 0.3) is 0 Å². The van der Waals surface area contributed by atoms with E-state index >= 15 is 0 Å². The van der Waals surface area contributed by atoms with Crippen molar-refractivity contribution >= 4 is 30.0 Å². The number of nitrogens with two attached hydrogens (primary N) is 1. The number of carbonyl (C=O) groups is 1. The van der Waals surface area contributed by atoms with Crippen LogP contribution in [0, 0.1) is 10.1 Å². The van der Waals surface area contributed by atoms with Gasteiger partial charge in [-0.25, -0.2) is 10.2 Å². The molecule has 0 aliphatic carbocycles. The fourth-order valence-corrected chi connectivity index (χ4v) is 2.38. The molecule has 0 aromatic carbocycles. The van der Waals surface area contributed by atoms with E-state index in [9.17, 15) is 14.9 Å². The Morgan fingerprint density at radius 2 is 2.09 bits per heavy atom. The Labute approximate surface area is 139 Å². The quantitative estimate of drug-likeness (QED) is 0.462. The Balaban J connectivity index is 0.00000264. The van der Waals surface area contributed by atoms with Gasteiger partial charge in [0.1, 0.15) is 10.6 Å². The number of primary amides is 1. The van der Waals surface area contributed by atoms with Crippen LogP contribution < -0.4 is 11.2 Å². The van der Waals surface area contributed by atoms with E-state index in [1.54, 1.807) is 0 Å². The Morgan fingerprint density at radius 3 is 2.65 bits per heavy atom. The van der Waals surface area contributed by atoms with Gasteiger partial charge < -0.3 is 15.1 Å². The van der Waals surface area contributed by atoms with Crippen molar-refractivity contribution in [1.29, 1.82) is 0 Å². The van der Waals surface area contributed by atoms with Crippen LogP contribution in [-0.2, 0) is 0 Å². The van der Waals surface area contributed by atoms with Gasteiger partial charge in [-0.05, 0) is 32.0 Å². The summed E-state index contributed by atoms with van der Waals surface area (Å²) in [5.74, 6) is -0.0998. The summed E-state index contributed by atoms with van der Waals surface area (Å²) in [4.78, 5) is 23.2. The molecule has 2 amide bonds. The number of piperidine rings is 1. The van der Waals surface area contributed by atoms with E-state index in [2.05, 4.69) is 15.4 Å². The molecule has 3 N–H and O–H groups in total. The van der Waals surface area contributed by atoms with Crippen LogP contribution in [0.5, 0.6) is 0 Å². The van der Waals surface area contributed by atoms with Crippen molar-refractivity contribution in [2.75, 3.05) is 19.6 Å². The first-order chi connectivity index (χ1) is 10.6. The van der Waals surface area contributed by atoms with Gasteiger partial charge >= 0.3 is 11.9 Å². The van der Waals surface area contributed by atoms with E-state index in [4.69, 9.17) is 10.2 Å². The zero-order valence-electron chi connectivity index (χ0n) is 12.6. The highest BCUT2D eigenvalue weighted by atomic mass is 35.5. The molecular formula is C13H20ClN5O4. The van der Waals surface area contributed by atoms with E-state index in [0.717, 1.165) is 32.5 Å². The molecular weight excluding hydrogens is 326 g/mol. The molecule has 1 aliphatic rings. The van der Waals surface area contributed by atoms with Crippen molar-refractivity contribution in [1.82, 2.24) is 10.3 Å². The van der Waals surface area contributed by atoms with Gasteiger partial charge in [0.2, 0.25) is 0 Å². The zero-order chi connectivity index (χ0) is 15.9. The van der Waals surface area contributed by atoms with Crippen molar-refractivity contribution in [3.8, 4) is 0 Å². The maximum Gasteiger partial charge on any atom is 0.433 e. The van der Waals surface area contributed by atoms with Crippen molar-refractivity contribution < 1.29 is 14.1 Å². The molecule has 10 heteroatoms. The molecule has 1 saturated heterocycles. The Bertz CT molecular complexity index is 568. The molecule has 1 fully saturated rings. The number of nitrogens with zero attached hydrogens (tertiary/aromatic N) is 3. The molecule has 9 nitrogen and oxygen atoms in total. The molecule has 0 atom stereocenters. The minimum Gasteiger partial charge on any atom is -0.399 e. The van der Waals surface area contributed by atoms with E-state index in [1.807, 2.05) is 0 Å². The number of halogens is 1. The number of hydrazone groups is 1. The topological polar surface area (TPSA) is 127 Å². The van der Waals surface area contributed by atoms with E-state index in [1.165, 1.54) is 18.6 Å². The monoisotopic (exact) mass is 345 g/mol. The molecule has 0 radical (unpaired) electrons. The van der Waals surface area contributed by atoms with Crippen LogP contribution in [-0.4, -0.2) is 41.2 Å². The minimum absolute atomic E-state index is 0. The van der Waals surface area contributed by atoms with Crippen molar-refractivity contribution in [2.24, 2.45) is 10.8 Å². The second-order valence-corrected chi connectivity index (χ2v) is 5.08. The van der Waals surface area contributed by atoms with Crippen molar-refractivity contribution in [2.45, 2.75) is 25.7 Å². The highest BCUT2D eigenvalue weighted by molar-refractivity contribution is 5.99. The lowest BCUT2D eigenvalue weighted by atomic mass is 10.1. The van der Waals surface area contributed by atoms with Gasteiger partial charge in [0.05, 0.1) is 6.07 Å². The minimum atomic E-state index is -0.795. The smallest absolute Gasteiger partial charge is 0.399 e. The number of nitrogens with one attached hydrogen (secondary N) is 1. The van der Waals surface area contributed by atoms with Crippen LogP contribution in [0.4, 0.5) is 10.7 Å². The number of hydrogen-bond donors (Lipinski definition) is 2. The van der Waals surface area contributed by atoms with Gasteiger partial charge in [-0.3, -0.25) is 10.1 Å². The second-order valence-electron chi connectivity index (χ2n) is 5.08. The highest BCUT2D eigenvalue weighted by Gasteiger charge is 2.18. The van der Waals surface area contributed by atoms with E-state index in [0.29, 0.717) is 12.1 Å². The SMILES string of the molecule is Cl.NC(=O)N/N=C(\CCN1CCCCC1)c1ccc([N+](=O)[O-])o1. The third kappa shape index (κ3) is 5.87. The predicted molar refractivity (Wildman–Crippen MR) is 86.8 cm³/mol. The number of rotatable bonds is 6. The number of likely N-dealkylation sites (tertiary alicyclic amines) is 1.